The van der Waals surface area contributed by atoms with Crippen LogP contribution in [-0.2, 0) is 7.05 Å². The van der Waals surface area contributed by atoms with E-state index in [1.807, 2.05) is 44.4 Å². The number of benzene rings is 1. The molecule has 2 aromatic rings. The molecule has 1 unspecified atom stereocenters. The average Bonchev–Trinajstić information content (AvgIpc) is 2.64. The van der Waals surface area contributed by atoms with E-state index in [0.717, 1.165) is 21.8 Å². The molecule has 0 fully saturated rings. The van der Waals surface area contributed by atoms with E-state index in [9.17, 15) is 0 Å². The number of hydrogen-bond donors (Lipinski definition) is 1. The Kier molecular flexibility index (Phi) is 2.99. The van der Waals surface area contributed by atoms with Crippen molar-refractivity contribution in [3.63, 3.8) is 0 Å². The third-order valence-electron chi connectivity index (χ3n) is 2.62. The standard InChI is InChI=1S/C12H14ClN3/c1-8-7-9(13)3-4-10(8)12(14)11-5-6-16(2)15-11/h3-7,12H,14H2,1-2H3. The highest BCUT2D eigenvalue weighted by Crippen LogP contribution is 2.23. The summed E-state index contributed by atoms with van der Waals surface area (Å²) in [7, 11) is 1.88. The minimum absolute atomic E-state index is 0.196. The van der Waals surface area contributed by atoms with Gasteiger partial charge in [-0.2, -0.15) is 5.10 Å². The number of aromatic nitrogens is 2. The van der Waals surface area contributed by atoms with Crippen LogP contribution in [0.2, 0.25) is 5.02 Å². The maximum Gasteiger partial charge on any atom is 0.0837 e. The summed E-state index contributed by atoms with van der Waals surface area (Å²) in [6.45, 7) is 2.00. The van der Waals surface area contributed by atoms with Crippen LogP contribution in [0.15, 0.2) is 30.5 Å². The lowest BCUT2D eigenvalue weighted by molar-refractivity contribution is 0.714. The van der Waals surface area contributed by atoms with E-state index >= 15 is 0 Å². The fourth-order valence-corrected chi connectivity index (χ4v) is 1.97. The topological polar surface area (TPSA) is 43.8 Å². The van der Waals surface area contributed by atoms with E-state index in [0.29, 0.717) is 0 Å². The van der Waals surface area contributed by atoms with Gasteiger partial charge in [0.1, 0.15) is 0 Å². The monoisotopic (exact) mass is 235 g/mol. The van der Waals surface area contributed by atoms with Crippen molar-refractivity contribution in [3.05, 3.63) is 52.3 Å². The molecule has 0 amide bonds. The van der Waals surface area contributed by atoms with E-state index in [1.54, 1.807) is 4.68 Å². The smallest absolute Gasteiger partial charge is 0.0837 e. The van der Waals surface area contributed by atoms with Gasteiger partial charge in [-0.3, -0.25) is 4.68 Å². The Balaban J connectivity index is 2.37. The van der Waals surface area contributed by atoms with E-state index in [4.69, 9.17) is 17.3 Å². The number of rotatable bonds is 2. The normalized spacial score (nSPS) is 12.8. The summed E-state index contributed by atoms with van der Waals surface area (Å²) in [6.07, 6.45) is 1.89. The maximum atomic E-state index is 6.16. The number of hydrogen-bond acceptors (Lipinski definition) is 2. The molecule has 1 aromatic heterocycles. The molecule has 1 aromatic carbocycles. The summed E-state index contributed by atoms with van der Waals surface area (Å²) in [5.74, 6) is 0. The molecule has 0 aliphatic heterocycles. The van der Waals surface area contributed by atoms with Crippen molar-refractivity contribution in [2.24, 2.45) is 12.8 Å². The van der Waals surface area contributed by atoms with Crippen molar-refractivity contribution in [1.29, 1.82) is 0 Å². The number of halogens is 1. The lowest BCUT2D eigenvalue weighted by Gasteiger charge is -2.12. The van der Waals surface area contributed by atoms with Crippen LogP contribution in [0.3, 0.4) is 0 Å². The molecule has 0 aliphatic carbocycles. The van der Waals surface area contributed by atoms with Gasteiger partial charge in [0.05, 0.1) is 11.7 Å². The van der Waals surface area contributed by atoms with Gasteiger partial charge in [0, 0.05) is 18.3 Å². The summed E-state index contributed by atoms with van der Waals surface area (Å²) in [6, 6.07) is 7.46. The van der Waals surface area contributed by atoms with Gasteiger partial charge in [-0.05, 0) is 36.2 Å². The van der Waals surface area contributed by atoms with Crippen molar-refractivity contribution >= 4 is 11.6 Å². The molecule has 1 atom stereocenters. The lowest BCUT2D eigenvalue weighted by Crippen LogP contribution is -2.14. The summed E-state index contributed by atoms with van der Waals surface area (Å²) in [4.78, 5) is 0. The van der Waals surface area contributed by atoms with Gasteiger partial charge < -0.3 is 5.73 Å². The lowest BCUT2D eigenvalue weighted by atomic mass is 10.00. The molecule has 84 valence electrons. The van der Waals surface area contributed by atoms with Crippen molar-refractivity contribution in [2.45, 2.75) is 13.0 Å². The predicted molar refractivity (Wildman–Crippen MR) is 65.4 cm³/mol. The molecular formula is C12H14ClN3. The number of nitrogens with zero attached hydrogens (tertiary/aromatic N) is 2. The van der Waals surface area contributed by atoms with Crippen molar-refractivity contribution in [2.75, 3.05) is 0 Å². The first-order valence-electron chi connectivity index (χ1n) is 5.09. The molecule has 4 heteroatoms. The maximum absolute atomic E-state index is 6.16. The molecule has 3 nitrogen and oxygen atoms in total. The number of nitrogens with two attached hydrogens (primary N) is 1. The van der Waals surface area contributed by atoms with Gasteiger partial charge in [-0.15, -0.1) is 0 Å². The van der Waals surface area contributed by atoms with Gasteiger partial charge >= 0.3 is 0 Å². The molecule has 0 radical (unpaired) electrons. The van der Waals surface area contributed by atoms with Crippen LogP contribution in [0, 0.1) is 6.92 Å². The Morgan fingerprint density at radius 2 is 2.12 bits per heavy atom. The van der Waals surface area contributed by atoms with E-state index in [-0.39, 0.29) is 6.04 Å². The highest BCUT2D eigenvalue weighted by Gasteiger charge is 2.13. The molecular weight excluding hydrogens is 222 g/mol. The van der Waals surface area contributed by atoms with Crippen LogP contribution < -0.4 is 5.73 Å². The number of aryl methyl sites for hydroxylation is 2. The highest BCUT2D eigenvalue weighted by molar-refractivity contribution is 6.30. The molecule has 2 N–H and O–H groups in total. The van der Waals surface area contributed by atoms with E-state index in [1.165, 1.54) is 0 Å². The van der Waals surface area contributed by atoms with Crippen LogP contribution in [-0.4, -0.2) is 9.78 Å². The first kappa shape index (κ1) is 11.2. The quantitative estimate of drug-likeness (QED) is 0.869. The molecule has 0 bridgehead atoms. The third kappa shape index (κ3) is 2.10. The largest absolute Gasteiger partial charge is 0.319 e. The second-order valence-corrected chi connectivity index (χ2v) is 4.33. The van der Waals surface area contributed by atoms with E-state index < -0.39 is 0 Å². The fraction of sp³-hybridized carbons (Fsp3) is 0.250. The van der Waals surface area contributed by atoms with Gasteiger partial charge in [0.25, 0.3) is 0 Å². The van der Waals surface area contributed by atoms with Crippen molar-refractivity contribution < 1.29 is 0 Å². The van der Waals surface area contributed by atoms with Crippen LogP contribution in [0.25, 0.3) is 0 Å². The predicted octanol–water partition coefficient (Wildman–Crippen LogP) is 2.43. The average molecular weight is 236 g/mol. The van der Waals surface area contributed by atoms with Crippen LogP contribution in [0.5, 0.6) is 0 Å². The third-order valence-corrected chi connectivity index (χ3v) is 2.85. The zero-order chi connectivity index (χ0) is 11.7. The molecule has 0 aliphatic rings. The zero-order valence-corrected chi connectivity index (χ0v) is 10.1. The second kappa shape index (κ2) is 4.28. The van der Waals surface area contributed by atoms with Gasteiger partial charge in [0.2, 0.25) is 0 Å². The minimum Gasteiger partial charge on any atom is -0.319 e. The van der Waals surface area contributed by atoms with Gasteiger partial charge in [0.15, 0.2) is 0 Å². The first-order valence-corrected chi connectivity index (χ1v) is 5.47. The SMILES string of the molecule is Cc1cc(Cl)ccc1C(N)c1ccn(C)n1. The molecule has 0 saturated heterocycles. The Labute approximate surface area is 99.8 Å². The molecule has 2 rings (SSSR count). The second-order valence-electron chi connectivity index (χ2n) is 3.89. The molecule has 1 heterocycles. The van der Waals surface area contributed by atoms with Crippen LogP contribution in [0.4, 0.5) is 0 Å². The Morgan fingerprint density at radius 3 is 2.69 bits per heavy atom. The summed E-state index contributed by atoms with van der Waals surface area (Å²) >= 11 is 5.91. The highest BCUT2D eigenvalue weighted by atomic mass is 35.5. The van der Waals surface area contributed by atoms with E-state index in [2.05, 4.69) is 5.10 Å². The Morgan fingerprint density at radius 1 is 1.38 bits per heavy atom. The van der Waals surface area contributed by atoms with Crippen molar-refractivity contribution in [3.8, 4) is 0 Å². The summed E-state index contributed by atoms with van der Waals surface area (Å²) in [5, 5.41) is 5.04. The van der Waals surface area contributed by atoms with Crippen molar-refractivity contribution in [1.82, 2.24) is 9.78 Å². The molecule has 0 saturated carbocycles. The summed E-state index contributed by atoms with van der Waals surface area (Å²) in [5.41, 5.74) is 9.18. The van der Waals surface area contributed by atoms with Gasteiger partial charge in [-0.25, -0.2) is 0 Å². The zero-order valence-electron chi connectivity index (χ0n) is 9.31. The fourth-order valence-electron chi connectivity index (χ4n) is 1.75. The first-order chi connectivity index (χ1) is 7.58. The Bertz CT molecular complexity index is 505. The molecule has 16 heavy (non-hydrogen) atoms. The van der Waals surface area contributed by atoms with Crippen LogP contribution >= 0.6 is 11.6 Å². The Hall–Kier alpha value is -1.32. The van der Waals surface area contributed by atoms with Gasteiger partial charge in [-0.1, -0.05) is 17.7 Å². The minimum atomic E-state index is -0.196. The molecule has 0 spiro atoms. The van der Waals surface area contributed by atoms with Crippen LogP contribution in [0.1, 0.15) is 22.9 Å². The summed E-state index contributed by atoms with van der Waals surface area (Å²) < 4.78 is 1.75.